The van der Waals surface area contributed by atoms with Gasteiger partial charge in [-0.3, -0.25) is 0 Å². The van der Waals surface area contributed by atoms with Crippen molar-refractivity contribution in [1.29, 1.82) is 0 Å². The minimum absolute atomic E-state index is 0.307. The van der Waals surface area contributed by atoms with Gasteiger partial charge >= 0.3 is 6.09 Å². The number of para-hydroxylation sites is 1. The lowest BCUT2D eigenvalue weighted by molar-refractivity contribution is 0.0300. The monoisotopic (exact) mass is 279 g/mol. The maximum atomic E-state index is 11.7. The van der Waals surface area contributed by atoms with Crippen molar-refractivity contribution in [2.75, 3.05) is 25.9 Å². The van der Waals surface area contributed by atoms with Gasteiger partial charge in [-0.1, -0.05) is 18.2 Å². The Labute approximate surface area is 121 Å². The van der Waals surface area contributed by atoms with Crippen LogP contribution in [0.5, 0.6) is 0 Å². The van der Waals surface area contributed by atoms with E-state index in [9.17, 15) is 4.79 Å². The van der Waals surface area contributed by atoms with E-state index in [4.69, 9.17) is 10.5 Å². The second-order valence-electron chi connectivity index (χ2n) is 5.78. The third kappa shape index (κ3) is 5.93. The Morgan fingerprint density at radius 3 is 2.60 bits per heavy atom. The predicted octanol–water partition coefficient (Wildman–Crippen LogP) is 2.23. The third-order valence-electron chi connectivity index (χ3n) is 2.70. The van der Waals surface area contributed by atoms with Crippen LogP contribution in [0.3, 0.4) is 0 Å². The van der Waals surface area contributed by atoms with E-state index in [2.05, 4.69) is 5.32 Å². The van der Waals surface area contributed by atoms with Crippen LogP contribution in [0, 0.1) is 0 Å². The van der Waals surface area contributed by atoms with Crippen LogP contribution in [0.1, 0.15) is 26.3 Å². The molecular weight excluding hydrogens is 254 g/mol. The van der Waals surface area contributed by atoms with E-state index in [-0.39, 0.29) is 6.09 Å². The first kappa shape index (κ1) is 16.3. The molecule has 0 unspecified atom stereocenters. The zero-order valence-corrected chi connectivity index (χ0v) is 12.8. The summed E-state index contributed by atoms with van der Waals surface area (Å²) in [4.78, 5) is 13.3. The number of hydrogen-bond donors (Lipinski definition) is 2. The lowest BCUT2D eigenvalue weighted by atomic mass is 10.2. The number of carbonyl (C=O) groups is 1. The van der Waals surface area contributed by atoms with Crippen molar-refractivity contribution in [1.82, 2.24) is 10.2 Å². The summed E-state index contributed by atoms with van der Waals surface area (Å²) in [6.07, 6.45) is -0.307. The molecule has 0 bridgehead atoms. The van der Waals surface area contributed by atoms with Gasteiger partial charge in [-0.25, -0.2) is 4.79 Å². The fourth-order valence-corrected chi connectivity index (χ4v) is 1.60. The Kier molecular flexibility index (Phi) is 5.82. The minimum Gasteiger partial charge on any atom is -0.444 e. The number of amides is 1. The van der Waals surface area contributed by atoms with Crippen LogP contribution in [0.4, 0.5) is 10.5 Å². The first-order chi connectivity index (χ1) is 9.29. The molecule has 112 valence electrons. The molecule has 1 amide bonds. The summed E-state index contributed by atoms with van der Waals surface area (Å²) < 4.78 is 5.27. The van der Waals surface area contributed by atoms with Crippen molar-refractivity contribution in [2.24, 2.45) is 0 Å². The fraction of sp³-hybridized carbons (Fsp3) is 0.533. The molecule has 5 heteroatoms. The number of nitrogens with two attached hydrogens (primary N) is 1. The van der Waals surface area contributed by atoms with E-state index >= 15 is 0 Å². The van der Waals surface area contributed by atoms with Gasteiger partial charge in [0.25, 0.3) is 0 Å². The van der Waals surface area contributed by atoms with Crippen LogP contribution in [0.2, 0.25) is 0 Å². The topological polar surface area (TPSA) is 67.6 Å². The number of carbonyl (C=O) groups excluding carboxylic acids is 1. The number of rotatable bonds is 5. The van der Waals surface area contributed by atoms with E-state index in [1.165, 1.54) is 0 Å². The molecule has 0 fully saturated rings. The van der Waals surface area contributed by atoms with Gasteiger partial charge in [-0.15, -0.1) is 0 Å². The van der Waals surface area contributed by atoms with Gasteiger partial charge in [0.2, 0.25) is 0 Å². The molecule has 0 saturated carbocycles. The minimum atomic E-state index is -0.461. The van der Waals surface area contributed by atoms with Crippen LogP contribution in [-0.2, 0) is 11.3 Å². The van der Waals surface area contributed by atoms with Gasteiger partial charge in [0.05, 0.1) is 0 Å². The summed E-state index contributed by atoms with van der Waals surface area (Å²) in [5.74, 6) is 0. The summed E-state index contributed by atoms with van der Waals surface area (Å²) in [5, 5.41) is 3.26. The molecule has 0 aliphatic rings. The molecule has 5 nitrogen and oxygen atoms in total. The van der Waals surface area contributed by atoms with E-state index < -0.39 is 5.60 Å². The highest BCUT2D eigenvalue weighted by molar-refractivity contribution is 5.67. The van der Waals surface area contributed by atoms with Crippen molar-refractivity contribution in [3.8, 4) is 0 Å². The molecule has 0 aliphatic carbocycles. The maximum absolute atomic E-state index is 11.7. The number of ether oxygens (including phenoxy) is 1. The van der Waals surface area contributed by atoms with Crippen LogP contribution in [0.15, 0.2) is 24.3 Å². The maximum Gasteiger partial charge on any atom is 0.410 e. The molecule has 20 heavy (non-hydrogen) atoms. The summed E-state index contributed by atoms with van der Waals surface area (Å²) in [5.41, 5.74) is 7.24. The van der Waals surface area contributed by atoms with Gasteiger partial charge in [-0.05, 0) is 32.4 Å². The number of anilines is 1. The number of nitrogen functional groups attached to an aromatic ring is 1. The predicted molar refractivity (Wildman–Crippen MR) is 81.4 cm³/mol. The lowest BCUT2D eigenvalue weighted by Gasteiger charge is -2.24. The number of likely N-dealkylation sites (N-methyl/N-ethyl adjacent to an activating group) is 1. The molecule has 1 rings (SSSR count). The van der Waals surface area contributed by atoms with E-state index in [1.54, 1.807) is 11.9 Å². The van der Waals surface area contributed by atoms with E-state index in [0.29, 0.717) is 19.6 Å². The Morgan fingerprint density at radius 1 is 1.35 bits per heavy atom. The molecular formula is C15H25N3O2. The largest absolute Gasteiger partial charge is 0.444 e. The molecule has 0 spiro atoms. The van der Waals surface area contributed by atoms with Crippen molar-refractivity contribution in [3.63, 3.8) is 0 Å². The van der Waals surface area contributed by atoms with Crippen LogP contribution >= 0.6 is 0 Å². The Balaban J connectivity index is 2.27. The molecule has 0 atom stereocenters. The Hall–Kier alpha value is -1.75. The number of benzene rings is 1. The molecule has 0 radical (unpaired) electrons. The first-order valence-corrected chi connectivity index (χ1v) is 6.78. The standard InChI is InChI=1S/C15H25N3O2/c1-15(2,3)20-14(19)18(4)10-9-17-11-12-7-5-6-8-13(12)16/h5-8,17H,9-11,16H2,1-4H3. The average Bonchev–Trinajstić information content (AvgIpc) is 2.34. The van der Waals surface area contributed by atoms with Crippen molar-refractivity contribution in [2.45, 2.75) is 32.9 Å². The van der Waals surface area contributed by atoms with Gasteiger partial charge in [0.1, 0.15) is 5.60 Å². The van der Waals surface area contributed by atoms with Gasteiger partial charge in [0, 0.05) is 32.4 Å². The summed E-state index contributed by atoms with van der Waals surface area (Å²) >= 11 is 0. The Morgan fingerprint density at radius 2 is 2.00 bits per heavy atom. The summed E-state index contributed by atoms with van der Waals surface area (Å²) in [6, 6.07) is 7.74. The number of nitrogens with one attached hydrogen (secondary N) is 1. The zero-order valence-electron chi connectivity index (χ0n) is 12.8. The van der Waals surface area contributed by atoms with Crippen LogP contribution in [0.25, 0.3) is 0 Å². The summed E-state index contributed by atoms with van der Waals surface area (Å²) in [6.45, 7) is 7.53. The van der Waals surface area contributed by atoms with Crippen molar-refractivity contribution in [3.05, 3.63) is 29.8 Å². The normalized spacial score (nSPS) is 11.2. The zero-order chi connectivity index (χ0) is 15.2. The van der Waals surface area contributed by atoms with Crippen molar-refractivity contribution < 1.29 is 9.53 Å². The molecule has 1 aromatic rings. The average molecular weight is 279 g/mol. The van der Waals surface area contributed by atoms with Crippen molar-refractivity contribution >= 4 is 11.8 Å². The smallest absolute Gasteiger partial charge is 0.410 e. The first-order valence-electron chi connectivity index (χ1n) is 6.78. The van der Waals surface area contributed by atoms with Gasteiger partial charge in [-0.2, -0.15) is 0 Å². The fourth-order valence-electron chi connectivity index (χ4n) is 1.60. The second-order valence-corrected chi connectivity index (χ2v) is 5.78. The molecule has 0 aromatic heterocycles. The molecule has 0 heterocycles. The lowest BCUT2D eigenvalue weighted by Crippen LogP contribution is -2.37. The Bertz CT molecular complexity index is 441. The SMILES string of the molecule is CN(CCNCc1ccccc1N)C(=O)OC(C)(C)C. The molecule has 3 N–H and O–H groups in total. The molecule has 0 aliphatic heterocycles. The van der Waals surface area contributed by atoms with Gasteiger partial charge in [0.15, 0.2) is 0 Å². The van der Waals surface area contributed by atoms with Crippen LogP contribution < -0.4 is 11.1 Å². The highest BCUT2D eigenvalue weighted by Gasteiger charge is 2.18. The van der Waals surface area contributed by atoms with E-state index in [0.717, 1.165) is 11.3 Å². The summed E-state index contributed by atoms with van der Waals surface area (Å²) in [7, 11) is 1.73. The highest BCUT2D eigenvalue weighted by Crippen LogP contribution is 2.10. The second kappa shape index (κ2) is 7.14. The van der Waals surface area contributed by atoms with Crippen LogP contribution in [-0.4, -0.2) is 36.7 Å². The highest BCUT2D eigenvalue weighted by atomic mass is 16.6. The molecule has 1 aromatic carbocycles. The molecule has 0 saturated heterocycles. The van der Waals surface area contributed by atoms with E-state index in [1.807, 2.05) is 45.0 Å². The third-order valence-corrected chi connectivity index (χ3v) is 2.70. The van der Waals surface area contributed by atoms with Gasteiger partial charge < -0.3 is 20.7 Å². The quantitative estimate of drug-likeness (QED) is 0.640. The number of hydrogen-bond acceptors (Lipinski definition) is 4. The number of nitrogens with zero attached hydrogens (tertiary/aromatic N) is 1.